The van der Waals surface area contributed by atoms with Crippen molar-refractivity contribution in [2.24, 2.45) is 5.73 Å². The predicted molar refractivity (Wildman–Crippen MR) is 83.9 cm³/mol. The van der Waals surface area contributed by atoms with Gasteiger partial charge in [0.2, 0.25) is 0 Å². The molecule has 0 heterocycles. The zero-order valence-electron chi connectivity index (χ0n) is 12.1. The molecule has 1 aromatic carbocycles. The lowest BCUT2D eigenvalue weighted by Gasteiger charge is -2.34. The molecule has 0 amide bonds. The summed E-state index contributed by atoms with van der Waals surface area (Å²) in [6.07, 6.45) is 10.8. The van der Waals surface area contributed by atoms with Crippen molar-refractivity contribution in [1.82, 2.24) is 4.90 Å². The van der Waals surface area contributed by atoms with Crippen LogP contribution in [0, 0.1) is 0 Å². The third-order valence-electron chi connectivity index (χ3n) is 3.46. The zero-order chi connectivity index (χ0) is 14.4. The van der Waals surface area contributed by atoms with E-state index in [-0.39, 0.29) is 0 Å². The van der Waals surface area contributed by atoms with E-state index in [4.69, 9.17) is 10.5 Å². The van der Waals surface area contributed by atoms with Gasteiger partial charge in [-0.1, -0.05) is 36.4 Å². The van der Waals surface area contributed by atoms with Crippen LogP contribution in [0.5, 0.6) is 0 Å². The Morgan fingerprint density at radius 2 is 2.05 bits per heavy atom. The second-order valence-electron chi connectivity index (χ2n) is 5.15. The number of benzene rings is 1. The first-order valence-corrected chi connectivity index (χ1v) is 6.80. The molecule has 0 radical (unpaired) electrons. The first kappa shape index (κ1) is 14.6. The average Bonchev–Trinajstić information content (AvgIpc) is 2.46. The van der Waals surface area contributed by atoms with E-state index in [1.165, 1.54) is 5.56 Å². The number of likely N-dealkylation sites (N-methyl/N-ethyl adjacent to an activating group) is 1. The van der Waals surface area contributed by atoms with E-state index in [1.54, 1.807) is 0 Å². The molecule has 20 heavy (non-hydrogen) atoms. The normalized spacial score (nSPS) is 22.3. The standard InChI is InChI=1S/C17H22N2O/c1-19(2)17(18)12-10-16(11-13-17)20-14-6-9-15-7-4-3-5-8-15/h3-12H,13-14,18H2,1-2H3/b9-6+. The van der Waals surface area contributed by atoms with Gasteiger partial charge in [-0.15, -0.1) is 0 Å². The van der Waals surface area contributed by atoms with E-state index in [9.17, 15) is 0 Å². The van der Waals surface area contributed by atoms with Crippen LogP contribution in [0.2, 0.25) is 0 Å². The quantitative estimate of drug-likeness (QED) is 0.836. The molecule has 2 N–H and O–H groups in total. The number of rotatable bonds is 5. The number of hydrogen-bond acceptors (Lipinski definition) is 3. The van der Waals surface area contributed by atoms with Gasteiger partial charge in [0.05, 0.1) is 5.66 Å². The lowest BCUT2D eigenvalue weighted by molar-refractivity contribution is 0.202. The van der Waals surface area contributed by atoms with Gasteiger partial charge < -0.3 is 10.5 Å². The highest BCUT2D eigenvalue weighted by molar-refractivity contribution is 5.48. The summed E-state index contributed by atoms with van der Waals surface area (Å²) in [5, 5.41) is 0. The Kier molecular flexibility index (Phi) is 4.77. The van der Waals surface area contributed by atoms with E-state index >= 15 is 0 Å². The van der Waals surface area contributed by atoms with Gasteiger partial charge in [-0.3, -0.25) is 4.90 Å². The van der Waals surface area contributed by atoms with E-state index in [2.05, 4.69) is 18.2 Å². The molecule has 0 aliphatic heterocycles. The lowest BCUT2D eigenvalue weighted by atomic mass is 10.0. The smallest absolute Gasteiger partial charge is 0.115 e. The van der Waals surface area contributed by atoms with Gasteiger partial charge in [0.15, 0.2) is 0 Å². The highest BCUT2D eigenvalue weighted by Crippen LogP contribution is 2.20. The fraction of sp³-hybridized carbons (Fsp3) is 0.294. The second kappa shape index (κ2) is 6.55. The Morgan fingerprint density at radius 1 is 1.30 bits per heavy atom. The lowest BCUT2D eigenvalue weighted by Crippen LogP contribution is -2.51. The van der Waals surface area contributed by atoms with Gasteiger partial charge in [0.25, 0.3) is 0 Å². The van der Waals surface area contributed by atoms with Crippen LogP contribution in [0.25, 0.3) is 6.08 Å². The third kappa shape index (κ3) is 3.83. The second-order valence-corrected chi connectivity index (χ2v) is 5.15. The third-order valence-corrected chi connectivity index (χ3v) is 3.46. The Morgan fingerprint density at radius 3 is 2.65 bits per heavy atom. The van der Waals surface area contributed by atoms with Crippen molar-refractivity contribution < 1.29 is 4.74 Å². The Balaban J connectivity index is 1.81. The number of allylic oxidation sites excluding steroid dienone is 1. The molecule has 3 heteroatoms. The van der Waals surface area contributed by atoms with Crippen LogP contribution in [0.1, 0.15) is 12.0 Å². The molecular formula is C17H22N2O. The molecule has 2 rings (SSSR count). The summed E-state index contributed by atoms with van der Waals surface area (Å²) in [7, 11) is 3.96. The minimum absolute atomic E-state index is 0.396. The van der Waals surface area contributed by atoms with Crippen molar-refractivity contribution in [3.05, 3.63) is 66.0 Å². The van der Waals surface area contributed by atoms with Gasteiger partial charge in [-0.2, -0.15) is 0 Å². The number of ether oxygens (including phenoxy) is 1. The molecule has 1 aliphatic rings. The monoisotopic (exact) mass is 270 g/mol. The summed E-state index contributed by atoms with van der Waals surface area (Å²) in [5.41, 5.74) is 7.00. The summed E-state index contributed by atoms with van der Waals surface area (Å²) in [5.74, 6) is 0.880. The van der Waals surface area contributed by atoms with Crippen molar-refractivity contribution in [3.63, 3.8) is 0 Å². The maximum absolute atomic E-state index is 6.22. The SMILES string of the molecule is CN(C)C1(N)C=CC(OC/C=C/c2ccccc2)=CC1. The highest BCUT2D eigenvalue weighted by Gasteiger charge is 2.25. The predicted octanol–water partition coefficient (Wildman–Crippen LogP) is 2.78. The fourth-order valence-electron chi connectivity index (χ4n) is 1.96. The van der Waals surface area contributed by atoms with Crippen molar-refractivity contribution >= 4 is 6.08 Å². The van der Waals surface area contributed by atoms with Crippen molar-refractivity contribution in [2.45, 2.75) is 12.1 Å². The minimum Gasteiger partial charge on any atom is -0.490 e. The topological polar surface area (TPSA) is 38.5 Å². The molecule has 0 saturated carbocycles. The molecule has 1 unspecified atom stereocenters. The van der Waals surface area contributed by atoms with Gasteiger partial charge in [0.1, 0.15) is 12.4 Å². The maximum atomic E-state index is 6.22. The first-order valence-electron chi connectivity index (χ1n) is 6.80. The van der Waals surface area contributed by atoms with Crippen molar-refractivity contribution in [3.8, 4) is 0 Å². The fourth-order valence-corrected chi connectivity index (χ4v) is 1.96. The molecule has 1 atom stereocenters. The molecule has 3 nitrogen and oxygen atoms in total. The number of hydrogen-bond donors (Lipinski definition) is 1. The van der Waals surface area contributed by atoms with E-state index in [1.807, 2.05) is 61.5 Å². The van der Waals surface area contributed by atoms with Crippen LogP contribution >= 0.6 is 0 Å². The molecule has 0 fully saturated rings. The Bertz CT molecular complexity index is 517. The van der Waals surface area contributed by atoms with Crippen LogP contribution < -0.4 is 5.73 Å². The van der Waals surface area contributed by atoms with Gasteiger partial charge in [-0.25, -0.2) is 0 Å². The molecule has 106 valence electrons. The van der Waals surface area contributed by atoms with Crippen LogP contribution in [0.3, 0.4) is 0 Å². The maximum Gasteiger partial charge on any atom is 0.115 e. The van der Waals surface area contributed by atoms with Gasteiger partial charge in [-0.05, 0) is 44.0 Å². The van der Waals surface area contributed by atoms with E-state index in [0.29, 0.717) is 6.61 Å². The molecule has 0 spiro atoms. The molecular weight excluding hydrogens is 248 g/mol. The molecule has 1 aromatic rings. The van der Waals surface area contributed by atoms with Gasteiger partial charge in [0, 0.05) is 6.42 Å². The van der Waals surface area contributed by atoms with Gasteiger partial charge >= 0.3 is 0 Å². The Hall–Kier alpha value is -1.84. The van der Waals surface area contributed by atoms with Crippen molar-refractivity contribution in [1.29, 1.82) is 0 Å². The van der Waals surface area contributed by atoms with Crippen LogP contribution in [0.15, 0.2) is 60.4 Å². The summed E-state index contributed by atoms with van der Waals surface area (Å²) in [6, 6.07) is 10.2. The molecule has 0 bridgehead atoms. The van der Waals surface area contributed by atoms with E-state index in [0.717, 1.165) is 12.2 Å². The largest absolute Gasteiger partial charge is 0.490 e. The molecule has 1 aliphatic carbocycles. The Labute approximate surface area is 121 Å². The molecule has 0 aromatic heterocycles. The van der Waals surface area contributed by atoms with Crippen molar-refractivity contribution in [2.75, 3.05) is 20.7 Å². The summed E-state index contributed by atoms with van der Waals surface area (Å²) in [4.78, 5) is 2.01. The van der Waals surface area contributed by atoms with Crippen LogP contribution in [-0.2, 0) is 4.74 Å². The highest BCUT2D eigenvalue weighted by atomic mass is 16.5. The number of nitrogens with zero attached hydrogens (tertiary/aromatic N) is 1. The average molecular weight is 270 g/mol. The summed E-state index contributed by atoms with van der Waals surface area (Å²) >= 11 is 0. The van der Waals surface area contributed by atoms with Crippen LogP contribution in [0.4, 0.5) is 0 Å². The number of nitrogens with two attached hydrogens (primary N) is 1. The van der Waals surface area contributed by atoms with Crippen LogP contribution in [-0.4, -0.2) is 31.3 Å². The zero-order valence-corrected chi connectivity index (χ0v) is 12.1. The van der Waals surface area contributed by atoms with E-state index < -0.39 is 5.66 Å². The first-order chi connectivity index (χ1) is 9.60. The summed E-state index contributed by atoms with van der Waals surface area (Å²) < 4.78 is 5.69. The summed E-state index contributed by atoms with van der Waals surface area (Å²) in [6.45, 7) is 0.560. The molecule has 0 saturated heterocycles. The minimum atomic E-state index is -0.396.